The minimum absolute atomic E-state index is 0.123. The van der Waals surface area contributed by atoms with E-state index >= 15 is 0 Å². The van der Waals surface area contributed by atoms with Gasteiger partial charge in [0.1, 0.15) is 5.75 Å². The topological polar surface area (TPSA) is 35.5 Å². The van der Waals surface area contributed by atoms with Gasteiger partial charge in [0.05, 0.1) is 7.11 Å². The Labute approximate surface area is 133 Å². The first kappa shape index (κ1) is 18.1. The molecule has 1 rings (SSSR count). The molecule has 0 N–H and O–H groups in total. The van der Waals surface area contributed by atoms with E-state index in [1.54, 1.807) is 14.0 Å². The summed E-state index contributed by atoms with van der Waals surface area (Å²) >= 11 is 1.31. The van der Waals surface area contributed by atoms with Crippen LogP contribution in [0, 0.1) is 0 Å². The number of thioether (sulfide) groups is 1. The minimum Gasteiger partial charge on any atom is -0.541 e. The van der Waals surface area contributed by atoms with Gasteiger partial charge in [-0.25, -0.2) is 0 Å². The number of benzene rings is 1. The van der Waals surface area contributed by atoms with E-state index in [0.29, 0.717) is 5.75 Å². The number of ether oxygens (including phenoxy) is 1. The first-order valence-corrected chi connectivity index (χ1v) is 11.0. The molecular formula is C16H26O3SSi. The summed E-state index contributed by atoms with van der Waals surface area (Å²) in [5.74, 6) is 2.19. The highest BCUT2D eigenvalue weighted by atomic mass is 32.2. The molecule has 0 amide bonds. The van der Waals surface area contributed by atoms with Crippen LogP contribution < -0.4 is 9.16 Å². The summed E-state index contributed by atoms with van der Waals surface area (Å²) in [5, 5.41) is 0.250. The van der Waals surface area contributed by atoms with Gasteiger partial charge in [0.25, 0.3) is 8.32 Å². The third-order valence-electron chi connectivity index (χ3n) is 3.84. The van der Waals surface area contributed by atoms with Gasteiger partial charge < -0.3 is 9.16 Å². The number of hydrogen-bond donors (Lipinski definition) is 0. The predicted octanol–water partition coefficient (Wildman–Crippen LogP) is 4.86. The summed E-state index contributed by atoms with van der Waals surface area (Å²) in [6.45, 7) is 12.6. The molecule has 0 spiro atoms. The molecule has 0 aliphatic heterocycles. The maximum absolute atomic E-state index is 11.1. The molecule has 0 atom stereocenters. The molecule has 0 unspecified atom stereocenters. The van der Waals surface area contributed by atoms with Crippen LogP contribution in [0.2, 0.25) is 18.1 Å². The maximum Gasteiger partial charge on any atom is 0.250 e. The first-order chi connectivity index (χ1) is 9.56. The van der Waals surface area contributed by atoms with Crippen molar-refractivity contribution in [3.8, 4) is 11.5 Å². The Hall–Kier alpha value is -0.943. The van der Waals surface area contributed by atoms with Crippen molar-refractivity contribution in [3.05, 3.63) is 23.8 Å². The number of carbonyl (C=O) groups is 1. The standard InChI is InChI=1S/C16H26O3SSi/c1-12(17)20-11-13-8-9-14(18-5)15(10-13)19-21(6,7)16(2,3)4/h8-10H,11H2,1-7H3. The molecule has 0 radical (unpaired) electrons. The maximum atomic E-state index is 11.1. The van der Waals surface area contributed by atoms with E-state index in [1.165, 1.54) is 11.8 Å². The van der Waals surface area contributed by atoms with Crippen LogP contribution in [0.4, 0.5) is 0 Å². The Morgan fingerprint density at radius 3 is 2.33 bits per heavy atom. The Bertz CT molecular complexity index is 507. The number of carbonyl (C=O) groups excluding carboxylic acids is 1. The molecular weight excluding hydrogens is 300 g/mol. The van der Waals surface area contributed by atoms with Gasteiger partial charge in [0, 0.05) is 12.7 Å². The third kappa shape index (κ3) is 5.07. The molecule has 1 aromatic rings. The molecule has 5 heteroatoms. The first-order valence-electron chi connectivity index (χ1n) is 7.06. The molecule has 0 aliphatic carbocycles. The quantitative estimate of drug-likeness (QED) is 0.724. The number of rotatable bonds is 5. The van der Waals surface area contributed by atoms with Crippen LogP contribution in [0.3, 0.4) is 0 Å². The van der Waals surface area contributed by atoms with E-state index in [4.69, 9.17) is 9.16 Å². The zero-order chi connectivity index (χ0) is 16.3. The fourth-order valence-electron chi connectivity index (χ4n) is 1.50. The summed E-state index contributed by atoms with van der Waals surface area (Å²) in [6, 6.07) is 5.89. The van der Waals surface area contributed by atoms with Crippen LogP contribution in [0.5, 0.6) is 11.5 Å². The van der Waals surface area contributed by atoms with E-state index in [-0.39, 0.29) is 10.2 Å². The molecule has 0 saturated carbocycles. The van der Waals surface area contributed by atoms with Crippen molar-refractivity contribution < 1.29 is 14.0 Å². The largest absolute Gasteiger partial charge is 0.541 e. The van der Waals surface area contributed by atoms with Gasteiger partial charge in [-0.05, 0) is 35.8 Å². The van der Waals surface area contributed by atoms with Crippen molar-refractivity contribution in [2.24, 2.45) is 0 Å². The molecule has 0 aliphatic rings. The van der Waals surface area contributed by atoms with Crippen LogP contribution in [0.15, 0.2) is 18.2 Å². The lowest BCUT2D eigenvalue weighted by atomic mass is 10.2. The summed E-state index contributed by atoms with van der Waals surface area (Å²) in [4.78, 5) is 11.1. The van der Waals surface area contributed by atoms with Gasteiger partial charge in [0.15, 0.2) is 10.9 Å². The van der Waals surface area contributed by atoms with Gasteiger partial charge in [-0.15, -0.1) is 0 Å². The van der Waals surface area contributed by atoms with E-state index in [1.807, 2.05) is 18.2 Å². The lowest BCUT2D eigenvalue weighted by molar-refractivity contribution is -0.109. The van der Waals surface area contributed by atoms with Crippen LogP contribution in [-0.2, 0) is 10.5 Å². The van der Waals surface area contributed by atoms with Crippen molar-refractivity contribution in [1.82, 2.24) is 0 Å². The molecule has 3 nitrogen and oxygen atoms in total. The van der Waals surface area contributed by atoms with Gasteiger partial charge in [-0.3, -0.25) is 4.79 Å². The van der Waals surface area contributed by atoms with Crippen molar-refractivity contribution >= 4 is 25.2 Å². The summed E-state index contributed by atoms with van der Waals surface area (Å²) in [6.07, 6.45) is 0. The fraction of sp³-hybridized carbons (Fsp3) is 0.562. The number of hydrogen-bond acceptors (Lipinski definition) is 4. The summed E-state index contributed by atoms with van der Waals surface area (Å²) in [5.41, 5.74) is 1.07. The SMILES string of the molecule is COc1ccc(CSC(C)=O)cc1O[Si](C)(C)C(C)(C)C. The second-order valence-corrected chi connectivity index (χ2v) is 12.5. The zero-order valence-corrected chi connectivity index (χ0v) is 15.9. The molecule has 0 fully saturated rings. The Morgan fingerprint density at radius 2 is 1.86 bits per heavy atom. The van der Waals surface area contributed by atoms with E-state index in [0.717, 1.165) is 17.1 Å². The molecule has 0 aromatic heterocycles. The lowest BCUT2D eigenvalue weighted by Crippen LogP contribution is -2.43. The Morgan fingerprint density at radius 1 is 1.24 bits per heavy atom. The highest BCUT2D eigenvalue weighted by Crippen LogP contribution is 2.40. The molecule has 0 bridgehead atoms. The Kier molecular flexibility index (Phi) is 5.93. The normalized spacial score (nSPS) is 12.1. The highest BCUT2D eigenvalue weighted by molar-refractivity contribution is 8.12. The molecule has 118 valence electrons. The summed E-state index contributed by atoms with van der Waals surface area (Å²) in [7, 11) is -0.264. The third-order valence-corrected chi connectivity index (χ3v) is 9.07. The molecule has 21 heavy (non-hydrogen) atoms. The monoisotopic (exact) mass is 326 g/mol. The van der Waals surface area contributed by atoms with Gasteiger partial charge in [0.2, 0.25) is 0 Å². The van der Waals surface area contributed by atoms with Crippen molar-refractivity contribution in [1.29, 1.82) is 0 Å². The second-order valence-electron chi connectivity index (χ2n) is 6.63. The smallest absolute Gasteiger partial charge is 0.250 e. The van der Waals surface area contributed by atoms with Gasteiger partial charge in [-0.1, -0.05) is 38.6 Å². The van der Waals surface area contributed by atoms with Crippen LogP contribution in [-0.4, -0.2) is 20.5 Å². The molecule has 1 aromatic carbocycles. The van der Waals surface area contributed by atoms with Crippen molar-refractivity contribution in [2.45, 2.75) is 51.6 Å². The van der Waals surface area contributed by atoms with Crippen LogP contribution in [0.1, 0.15) is 33.3 Å². The summed E-state index contributed by atoms with van der Waals surface area (Å²) < 4.78 is 11.8. The zero-order valence-electron chi connectivity index (χ0n) is 14.1. The minimum atomic E-state index is -1.91. The number of methoxy groups -OCH3 is 1. The molecule has 0 saturated heterocycles. The predicted molar refractivity (Wildman–Crippen MR) is 92.8 cm³/mol. The van der Waals surface area contributed by atoms with Crippen molar-refractivity contribution in [3.63, 3.8) is 0 Å². The van der Waals surface area contributed by atoms with Gasteiger partial charge >= 0.3 is 0 Å². The van der Waals surface area contributed by atoms with Crippen LogP contribution in [0.25, 0.3) is 0 Å². The highest BCUT2D eigenvalue weighted by Gasteiger charge is 2.39. The van der Waals surface area contributed by atoms with E-state index in [2.05, 4.69) is 33.9 Å². The fourth-order valence-corrected chi connectivity index (χ4v) is 3.07. The van der Waals surface area contributed by atoms with E-state index in [9.17, 15) is 4.79 Å². The van der Waals surface area contributed by atoms with E-state index < -0.39 is 8.32 Å². The second kappa shape index (κ2) is 6.88. The lowest BCUT2D eigenvalue weighted by Gasteiger charge is -2.36. The molecule has 0 heterocycles. The van der Waals surface area contributed by atoms with Crippen LogP contribution >= 0.6 is 11.8 Å². The average Bonchev–Trinajstić information content (AvgIpc) is 2.34. The Balaban J connectivity index is 3.03. The average molecular weight is 327 g/mol. The van der Waals surface area contributed by atoms with Gasteiger partial charge in [-0.2, -0.15) is 0 Å². The van der Waals surface area contributed by atoms with Crippen molar-refractivity contribution in [2.75, 3.05) is 7.11 Å².